The fraction of sp³-hybridized carbons (Fsp3) is 0.778. The van der Waals surface area contributed by atoms with Crippen LogP contribution in [0.3, 0.4) is 0 Å². The molecular formula is C9H15NO3. The molecule has 0 aliphatic rings. The normalized spacial score (nSPS) is 10.8. The fourth-order valence-corrected chi connectivity index (χ4v) is 0.832. The standard InChI is InChI=1S/C9H15NO3/c1-9(2,7-10)4-3-5-13-6-8(11)12/h3-6H2,1-2H3,(H,11,12). The Morgan fingerprint density at radius 2 is 2.23 bits per heavy atom. The molecule has 0 aromatic heterocycles. The van der Waals surface area contributed by atoms with E-state index in [4.69, 9.17) is 15.1 Å². The molecule has 4 heteroatoms. The van der Waals surface area contributed by atoms with Gasteiger partial charge in [0.15, 0.2) is 0 Å². The lowest BCUT2D eigenvalue weighted by molar-refractivity contribution is -0.142. The lowest BCUT2D eigenvalue weighted by atomic mass is 9.90. The van der Waals surface area contributed by atoms with Gasteiger partial charge in [0.2, 0.25) is 0 Å². The number of ether oxygens (including phenoxy) is 1. The molecule has 0 aliphatic heterocycles. The molecule has 4 nitrogen and oxygen atoms in total. The van der Waals surface area contributed by atoms with Gasteiger partial charge in [-0.3, -0.25) is 0 Å². The molecule has 0 atom stereocenters. The molecule has 1 N–H and O–H groups in total. The van der Waals surface area contributed by atoms with Crippen molar-refractivity contribution >= 4 is 5.97 Å². The Balaban J connectivity index is 3.37. The number of hydrogen-bond donors (Lipinski definition) is 1. The highest BCUT2D eigenvalue weighted by Crippen LogP contribution is 2.20. The van der Waals surface area contributed by atoms with Crippen molar-refractivity contribution in [3.05, 3.63) is 0 Å². The Kier molecular flexibility index (Phi) is 5.09. The van der Waals surface area contributed by atoms with Gasteiger partial charge in [0, 0.05) is 6.61 Å². The molecule has 0 aromatic rings. The third-order valence-corrected chi connectivity index (χ3v) is 1.62. The van der Waals surface area contributed by atoms with E-state index in [0.717, 1.165) is 6.42 Å². The van der Waals surface area contributed by atoms with E-state index in [-0.39, 0.29) is 12.0 Å². The maximum Gasteiger partial charge on any atom is 0.329 e. The Hall–Kier alpha value is -1.08. The minimum atomic E-state index is -0.959. The number of nitrogens with zero attached hydrogens (tertiary/aromatic N) is 1. The summed E-state index contributed by atoms with van der Waals surface area (Å²) < 4.78 is 4.83. The zero-order valence-corrected chi connectivity index (χ0v) is 8.04. The van der Waals surface area contributed by atoms with Crippen LogP contribution in [0.25, 0.3) is 0 Å². The van der Waals surface area contributed by atoms with E-state index in [1.54, 1.807) is 0 Å². The van der Waals surface area contributed by atoms with Crippen molar-refractivity contribution in [3.63, 3.8) is 0 Å². The third kappa shape index (κ3) is 7.29. The molecule has 0 aromatic carbocycles. The first-order chi connectivity index (χ1) is 5.98. The van der Waals surface area contributed by atoms with E-state index in [1.165, 1.54) is 0 Å². The van der Waals surface area contributed by atoms with Crippen LogP contribution in [0.5, 0.6) is 0 Å². The molecular weight excluding hydrogens is 170 g/mol. The van der Waals surface area contributed by atoms with E-state index in [2.05, 4.69) is 6.07 Å². The number of rotatable bonds is 6. The largest absolute Gasteiger partial charge is 0.480 e. The maximum absolute atomic E-state index is 10.0. The highest BCUT2D eigenvalue weighted by Gasteiger charge is 2.15. The SMILES string of the molecule is CC(C)(C#N)CCCOCC(=O)O. The minimum Gasteiger partial charge on any atom is -0.480 e. The summed E-state index contributed by atoms with van der Waals surface area (Å²) in [6.45, 7) is 3.85. The number of aliphatic carboxylic acids is 1. The topological polar surface area (TPSA) is 70.3 Å². The van der Waals surface area contributed by atoms with Gasteiger partial charge in [-0.2, -0.15) is 5.26 Å². The predicted octanol–water partition coefficient (Wildman–Crippen LogP) is 1.42. The summed E-state index contributed by atoms with van der Waals surface area (Å²) in [4.78, 5) is 10.0. The van der Waals surface area contributed by atoms with Crippen LogP contribution in [0, 0.1) is 16.7 Å². The minimum absolute atomic E-state index is 0.257. The van der Waals surface area contributed by atoms with E-state index in [9.17, 15) is 4.79 Å². The molecule has 0 spiro atoms. The summed E-state index contributed by atoms with van der Waals surface area (Å²) in [6, 6.07) is 2.17. The number of carboxylic acid groups (broad SMARTS) is 1. The van der Waals surface area contributed by atoms with Crippen LogP contribution in [0.15, 0.2) is 0 Å². The molecule has 0 saturated heterocycles. The molecule has 0 saturated carbocycles. The van der Waals surface area contributed by atoms with Crippen LogP contribution >= 0.6 is 0 Å². The van der Waals surface area contributed by atoms with Gasteiger partial charge in [-0.1, -0.05) is 0 Å². The Morgan fingerprint density at radius 1 is 1.62 bits per heavy atom. The van der Waals surface area contributed by atoms with E-state index in [1.807, 2.05) is 13.8 Å². The lowest BCUT2D eigenvalue weighted by Gasteiger charge is -2.13. The summed E-state index contributed by atoms with van der Waals surface area (Å²) in [5.41, 5.74) is -0.341. The highest BCUT2D eigenvalue weighted by molar-refractivity contribution is 5.67. The van der Waals surface area contributed by atoms with Gasteiger partial charge >= 0.3 is 5.97 Å². The first-order valence-corrected chi connectivity index (χ1v) is 4.19. The van der Waals surface area contributed by atoms with Gasteiger partial charge in [-0.25, -0.2) is 4.79 Å². The van der Waals surface area contributed by atoms with Gasteiger partial charge in [0.05, 0.1) is 11.5 Å². The van der Waals surface area contributed by atoms with Crippen molar-refractivity contribution in [2.24, 2.45) is 5.41 Å². The van der Waals surface area contributed by atoms with Gasteiger partial charge < -0.3 is 9.84 Å². The number of nitriles is 1. The molecule has 0 aliphatic carbocycles. The first-order valence-electron chi connectivity index (χ1n) is 4.19. The zero-order valence-electron chi connectivity index (χ0n) is 8.04. The Morgan fingerprint density at radius 3 is 2.69 bits per heavy atom. The number of hydrogen-bond acceptors (Lipinski definition) is 3. The summed E-state index contributed by atoms with van der Waals surface area (Å²) in [6.07, 6.45) is 1.44. The van der Waals surface area contributed by atoms with Crippen LogP contribution in [-0.4, -0.2) is 24.3 Å². The highest BCUT2D eigenvalue weighted by atomic mass is 16.5. The molecule has 0 radical (unpaired) electrons. The summed E-state index contributed by atoms with van der Waals surface area (Å²) in [5, 5.41) is 16.9. The average Bonchev–Trinajstić information content (AvgIpc) is 2.03. The van der Waals surface area contributed by atoms with Crippen molar-refractivity contribution in [1.29, 1.82) is 5.26 Å². The summed E-state index contributed by atoms with van der Waals surface area (Å²) >= 11 is 0. The molecule has 0 unspecified atom stereocenters. The fourth-order valence-electron chi connectivity index (χ4n) is 0.832. The van der Waals surface area contributed by atoms with Crippen molar-refractivity contribution in [2.75, 3.05) is 13.2 Å². The van der Waals surface area contributed by atoms with Crippen molar-refractivity contribution in [2.45, 2.75) is 26.7 Å². The smallest absolute Gasteiger partial charge is 0.329 e. The molecule has 0 heterocycles. The maximum atomic E-state index is 10.0. The molecule has 74 valence electrons. The molecule has 0 amide bonds. The molecule has 0 rings (SSSR count). The van der Waals surface area contributed by atoms with Crippen molar-refractivity contribution < 1.29 is 14.6 Å². The van der Waals surface area contributed by atoms with Crippen LogP contribution in [0.1, 0.15) is 26.7 Å². The van der Waals surface area contributed by atoms with Crippen LogP contribution in [-0.2, 0) is 9.53 Å². The van der Waals surface area contributed by atoms with Crippen LogP contribution in [0.2, 0.25) is 0 Å². The molecule has 0 fully saturated rings. The second kappa shape index (κ2) is 5.55. The Labute approximate surface area is 78.1 Å². The second-order valence-electron chi connectivity index (χ2n) is 3.55. The van der Waals surface area contributed by atoms with E-state index in [0.29, 0.717) is 13.0 Å². The third-order valence-electron chi connectivity index (χ3n) is 1.62. The Bertz CT molecular complexity index is 205. The van der Waals surface area contributed by atoms with Crippen LogP contribution in [0.4, 0.5) is 0 Å². The second-order valence-corrected chi connectivity index (χ2v) is 3.55. The quantitative estimate of drug-likeness (QED) is 0.635. The average molecular weight is 185 g/mol. The molecule has 0 bridgehead atoms. The van der Waals surface area contributed by atoms with Gasteiger partial charge in [-0.15, -0.1) is 0 Å². The van der Waals surface area contributed by atoms with Gasteiger partial charge in [0.1, 0.15) is 6.61 Å². The summed E-state index contributed by atoms with van der Waals surface area (Å²) in [7, 11) is 0. The summed E-state index contributed by atoms with van der Waals surface area (Å²) in [5.74, 6) is -0.959. The lowest BCUT2D eigenvalue weighted by Crippen LogP contribution is -2.11. The van der Waals surface area contributed by atoms with Crippen molar-refractivity contribution in [1.82, 2.24) is 0 Å². The number of carboxylic acids is 1. The van der Waals surface area contributed by atoms with Crippen LogP contribution < -0.4 is 0 Å². The predicted molar refractivity (Wildman–Crippen MR) is 47.1 cm³/mol. The number of carbonyl (C=O) groups is 1. The first kappa shape index (κ1) is 11.9. The van der Waals surface area contributed by atoms with E-state index >= 15 is 0 Å². The zero-order chi connectivity index (χ0) is 10.3. The van der Waals surface area contributed by atoms with Crippen molar-refractivity contribution in [3.8, 4) is 6.07 Å². The van der Waals surface area contributed by atoms with Gasteiger partial charge in [0.25, 0.3) is 0 Å². The van der Waals surface area contributed by atoms with Gasteiger partial charge in [-0.05, 0) is 26.7 Å². The van der Waals surface area contributed by atoms with E-state index < -0.39 is 5.97 Å². The molecule has 13 heavy (non-hydrogen) atoms. The monoisotopic (exact) mass is 185 g/mol.